The molecule has 1 fully saturated rings. The van der Waals surface area contributed by atoms with Gasteiger partial charge in [-0.25, -0.2) is 0 Å². The van der Waals surface area contributed by atoms with Crippen LogP contribution >= 0.6 is 0 Å². The molecule has 1 rings (SSSR count). The van der Waals surface area contributed by atoms with Crippen LogP contribution in [0.1, 0.15) is 12.8 Å². The molecular formula is C16H34N2O9. The van der Waals surface area contributed by atoms with Gasteiger partial charge >= 0.3 is 0 Å². The fraction of sp³-hybridized carbons (Fsp3) is 1.00. The zero-order valence-electron chi connectivity index (χ0n) is 15.2. The van der Waals surface area contributed by atoms with E-state index in [1.54, 1.807) is 4.90 Å². The van der Waals surface area contributed by atoms with Crippen LogP contribution in [0.2, 0.25) is 0 Å². The van der Waals surface area contributed by atoms with Gasteiger partial charge in [-0.2, -0.15) is 0 Å². The largest absolute Gasteiger partial charge is 0.396 e. The van der Waals surface area contributed by atoms with Crippen molar-refractivity contribution in [2.45, 2.75) is 61.6 Å². The maximum absolute atomic E-state index is 10.2. The molecule has 0 aromatic rings. The lowest BCUT2D eigenvalue weighted by Gasteiger charge is -2.36. The van der Waals surface area contributed by atoms with E-state index in [1.807, 2.05) is 0 Å². The van der Waals surface area contributed by atoms with Crippen molar-refractivity contribution >= 4 is 0 Å². The van der Waals surface area contributed by atoms with Gasteiger partial charge in [0.15, 0.2) is 0 Å². The molecule has 0 radical (unpaired) electrons. The van der Waals surface area contributed by atoms with Crippen molar-refractivity contribution in [1.29, 1.82) is 0 Å². The summed E-state index contributed by atoms with van der Waals surface area (Å²) in [5.41, 5.74) is 0. The molecule has 1 saturated heterocycles. The van der Waals surface area contributed by atoms with E-state index in [4.69, 9.17) is 10.2 Å². The van der Waals surface area contributed by atoms with E-state index in [2.05, 4.69) is 5.32 Å². The predicted octanol–water partition coefficient (Wildman–Crippen LogP) is -5.45. The van der Waals surface area contributed by atoms with Gasteiger partial charge in [0.1, 0.15) is 24.4 Å². The Balaban J connectivity index is 2.74. The fourth-order valence-corrected chi connectivity index (χ4v) is 3.14. The maximum atomic E-state index is 10.2. The summed E-state index contributed by atoms with van der Waals surface area (Å²) in [4.78, 5) is 1.62. The van der Waals surface area contributed by atoms with E-state index in [1.165, 1.54) is 0 Å². The highest BCUT2D eigenvalue weighted by Gasteiger charge is 2.35. The number of nitrogens with one attached hydrogen (secondary N) is 1. The molecule has 11 heteroatoms. The highest BCUT2D eigenvalue weighted by Crippen LogP contribution is 2.15. The second-order valence-corrected chi connectivity index (χ2v) is 7.04. The topological polar surface area (TPSA) is 197 Å². The lowest BCUT2D eigenvalue weighted by atomic mass is 10.0. The van der Waals surface area contributed by atoms with Crippen LogP contribution in [0.3, 0.4) is 0 Å². The third kappa shape index (κ3) is 7.48. The van der Waals surface area contributed by atoms with E-state index in [-0.39, 0.29) is 32.2 Å². The summed E-state index contributed by atoms with van der Waals surface area (Å²) in [6, 6.07) is -0.122. The van der Waals surface area contributed by atoms with Crippen LogP contribution in [0.5, 0.6) is 0 Å². The van der Waals surface area contributed by atoms with Gasteiger partial charge in [-0.1, -0.05) is 0 Å². The number of hydrogen-bond donors (Lipinski definition) is 10. The van der Waals surface area contributed by atoms with Gasteiger partial charge < -0.3 is 51.3 Å². The Morgan fingerprint density at radius 3 is 1.81 bits per heavy atom. The van der Waals surface area contributed by atoms with Crippen LogP contribution in [0.25, 0.3) is 0 Å². The average molecular weight is 398 g/mol. The maximum Gasteiger partial charge on any atom is 0.111 e. The zero-order valence-corrected chi connectivity index (χ0v) is 15.2. The average Bonchev–Trinajstić information content (AvgIpc) is 3.19. The molecule has 10 N–H and O–H groups in total. The smallest absolute Gasteiger partial charge is 0.111 e. The Kier molecular flexibility index (Phi) is 11.1. The number of rotatable bonds is 13. The first-order chi connectivity index (χ1) is 12.7. The van der Waals surface area contributed by atoms with E-state index >= 15 is 0 Å². The van der Waals surface area contributed by atoms with Crippen LogP contribution < -0.4 is 5.32 Å². The Bertz CT molecular complexity index is 400. The highest BCUT2D eigenvalue weighted by molar-refractivity contribution is 4.89. The monoisotopic (exact) mass is 398 g/mol. The first kappa shape index (κ1) is 24.6. The van der Waals surface area contributed by atoms with Gasteiger partial charge in [-0.3, -0.25) is 4.90 Å². The summed E-state index contributed by atoms with van der Waals surface area (Å²) in [6.07, 6.45) is -10.2. The molecule has 0 aromatic heterocycles. The Morgan fingerprint density at radius 1 is 0.778 bits per heavy atom. The first-order valence-electron chi connectivity index (χ1n) is 9.15. The Hall–Kier alpha value is -0.440. The SMILES string of the molecule is OCC[C@@H](O)[C@H](O)[C@@H](O)CN(C[C@H](O)[C@@H](O)[C@H](O)[C@H](O)CO)[C@@H]1CCNC1. The van der Waals surface area contributed by atoms with Crippen molar-refractivity contribution < 1.29 is 46.0 Å². The molecular weight excluding hydrogens is 364 g/mol. The molecule has 0 amide bonds. The zero-order chi connectivity index (χ0) is 20.6. The second kappa shape index (κ2) is 12.2. The quantitative estimate of drug-likeness (QED) is 0.142. The van der Waals surface area contributed by atoms with Crippen LogP contribution in [-0.2, 0) is 0 Å². The fourth-order valence-electron chi connectivity index (χ4n) is 3.14. The van der Waals surface area contributed by atoms with Crippen molar-refractivity contribution in [2.24, 2.45) is 0 Å². The summed E-state index contributed by atoms with van der Waals surface area (Å²) in [6.45, 7) is -0.183. The minimum Gasteiger partial charge on any atom is -0.396 e. The van der Waals surface area contributed by atoms with Gasteiger partial charge in [0.25, 0.3) is 0 Å². The van der Waals surface area contributed by atoms with Crippen LogP contribution in [0.15, 0.2) is 0 Å². The molecule has 1 aliphatic heterocycles. The Morgan fingerprint density at radius 2 is 1.33 bits per heavy atom. The molecule has 162 valence electrons. The molecule has 8 atom stereocenters. The summed E-state index contributed by atoms with van der Waals surface area (Å²) >= 11 is 0. The summed E-state index contributed by atoms with van der Waals surface area (Å²) in [5.74, 6) is 0. The van der Waals surface area contributed by atoms with Crippen LogP contribution in [-0.4, -0.2) is 139 Å². The van der Waals surface area contributed by atoms with E-state index in [9.17, 15) is 35.7 Å². The highest BCUT2D eigenvalue weighted by atomic mass is 16.4. The summed E-state index contributed by atoms with van der Waals surface area (Å²) < 4.78 is 0. The molecule has 0 bridgehead atoms. The summed E-state index contributed by atoms with van der Waals surface area (Å²) in [7, 11) is 0. The lowest BCUT2D eigenvalue weighted by molar-refractivity contribution is -0.125. The molecule has 0 aromatic carbocycles. The van der Waals surface area contributed by atoms with E-state index in [0.717, 1.165) is 0 Å². The molecule has 0 spiro atoms. The second-order valence-electron chi connectivity index (χ2n) is 7.04. The van der Waals surface area contributed by atoms with E-state index in [0.29, 0.717) is 19.5 Å². The minimum atomic E-state index is -1.75. The number of hydrogen-bond acceptors (Lipinski definition) is 11. The van der Waals surface area contributed by atoms with Crippen LogP contribution in [0, 0.1) is 0 Å². The standard InChI is InChI=1S/C16H34N2O9/c19-4-2-10(21)14(25)11(22)6-18(9-1-3-17-5-9)7-12(23)15(26)16(27)13(24)8-20/h9-17,19-27H,1-8H2/t9-,10-,11+,12+,13-,14+,15-,16-/m1/s1. The number of aliphatic hydroxyl groups is 9. The molecule has 11 nitrogen and oxygen atoms in total. The first-order valence-corrected chi connectivity index (χ1v) is 9.15. The van der Waals surface area contributed by atoms with Gasteiger partial charge in [-0.15, -0.1) is 0 Å². The van der Waals surface area contributed by atoms with Crippen LogP contribution in [0.4, 0.5) is 0 Å². The van der Waals surface area contributed by atoms with Crippen molar-refractivity contribution in [2.75, 3.05) is 39.4 Å². The van der Waals surface area contributed by atoms with Crippen molar-refractivity contribution in [3.63, 3.8) is 0 Å². The van der Waals surface area contributed by atoms with E-state index < -0.39 is 49.3 Å². The lowest BCUT2D eigenvalue weighted by Crippen LogP contribution is -2.54. The third-order valence-corrected chi connectivity index (χ3v) is 4.93. The molecule has 27 heavy (non-hydrogen) atoms. The van der Waals surface area contributed by atoms with Crippen molar-refractivity contribution in [1.82, 2.24) is 10.2 Å². The molecule has 1 heterocycles. The van der Waals surface area contributed by atoms with Gasteiger partial charge in [-0.05, 0) is 19.4 Å². The van der Waals surface area contributed by atoms with Gasteiger partial charge in [0.05, 0.1) is 24.9 Å². The molecule has 0 unspecified atom stereocenters. The number of aliphatic hydroxyl groups excluding tert-OH is 9. The summed E-state index contributed by atoms with van der Waals surface area (Å²) in [5, 5.41) is 90.0. The molecule has 0 aliphatic carbocycles. The van der Waals surface area contributed by atoms with Crippen molar-refractivity contribution in [3.05, 3.63) is 0 Å². The molecule has 1 aliphatic rings. The van der Waals surface area contributed by atoms with Gasteiger partial charge in [0, 0.05) is 32.3 Å². The normalized spacial score (nSPS) is 25.8. The molecule has 0 saturated carbocycles. The van der Waals surface area contributed by atoms with Gasteiger partial charge in [0.2, 0.25) is 0 Å². The predicted molar refractivity (Wildman–Crippen MR) is 93.7 cm³/mol. The minimum absolute atomic E-state index is 0.101. The van der Waals surface area contributed by atoms with Crippen molar-refractivity contribution in [3.8, 4) is 0 Å². The Labute approximate surface area is 158 Å². The number of nitrogens with zero attached hydrogens (tertiary/aromatic N) is 1. The third-order valence-electron chi connectivity index (χ3n) is 4.93.